The zero-order chi connectivity index (χ0) is 29.0. The van der Waals surface area contributed by atoms with Crippen LogP contribution in [0.1, 0.15) is 36.1 Å². The fourth-order valence-electron chi connectivity index (χ4n) is 4.50. The number of alkyl halides is 1. The molecule has 0 radical (unpaired) electrons. The van der Waals surface area contributed by atoms with Crippen LogP contribution in [0.4, 0.5) is 0 Å². The average Bonchev–Trinajstić information content (AvgIpc) is 3.00. The van der Waals surface area contributed by atoms with Crippen LogP contribution < -0.4 is 9.47 Å². The quantitative estimate of drug-likeness (QED) is 0.155. The number of ether oxygens (including phenoxy) is 3. The second kappa shape index (κ2) is 15.6. The van der Waals surface area contributed by atoms with Crippen molar-refractivity contribution in [3.63, 3.8) is 0 Å². The van der Waals surface area contributed by atoms with Crippen molar-refractivity contribution < 1.29 is 24.4 Å². The fraction of sp³-hybridized carbons (Fsp3) is 0.314. The molecule has 0 aromatic heterocycles. The van der Waals surface area contributed by atoms with Gasteiger partial charge in [0.2, 0.25) is 0 Å². The Kier molecular flexibility index (Phi) is 11.6. The second-order valence-corrected chi connectivity index (χ2v) is 10.7. The third kappa shape index (κ3) is 9.61. The number of rotatable bonds is 15. The van der Waals surface area contributed by atoms with E-state index in [9.17, 15) is 10.2 Å². The molecule has 2 N–H and O–H groups in total. The lowest BCUT2D eigenvalue weighted by Crippen LogP contribution is -2.25. The van der Waals surface area contributed by atoms with Crippen LogP contribution in [0.5, 0.6) is 11.5 Å². The maximum absolute atomic E-state index is 10.1. The Morgan fingerprint density at radius 3 is 1.46 bits per heavy atom. The molecular formula is C35H39ClO5. The molecule has 0 aliphatic heterocycles. The number of aliphatic hydroxyl groups excluding tert-OH is 2. The Balaban J connectivity index is 1.43. The highest BCUT2D eigenvalue weighted by Crippen LogP contribution is 2.31. The van der Waals surface area contributed by atoms with Crippen LogP contribution in [0.3, 0.4) is 0 Å². The average molecular weight is 575 g/mol. The molecule has 0 aliphatic carbocycles. The molecule has 4 rings (SSSR count). The van der Waals surface area contributed by atoms with Crippen molar-refractivity contribution in [1.29, 1.82) is 0 Å². The SMILES string of the molecule is CC(C)OC[C@@H](O)COc1ccc(Cc2ccccc2-c2ccccc2Cc2ccc(OC[C@H](O)CCl)cc2)cc1. The normalized spacial score (nSPS) is 12.7. The zero-order valence-electron chi connectivity index (χ0n) is 23.7. The maximum Gasteiger partial charge on any atom is 0.119 e. The minimum Gasteiger partial charge on any atom is -0.491 e. The second-order valence-electron chi connectivity index (χ2n) is 10.4. The van der Waals surface area contributed by atoms with Gasteiger partial charge in [-0.3, -0.25) is 0 Å². The Bertz CT molecular complexity index is 1340. The molecule has 2 atom stereocenters. The van der Waals surface area contributed by atoms with Gasteiger partial charge in [0.1, 0.15) is 36.9 Å². The van der Waals surface area contributed by atoms with Crippen LogP contribution in [-0.4, -0.2) is 54.2 Å². The van der Waals surface area contributed by atoms with Gasteiger partial charge in [-0.1, -0.05) is 72.8 Å². The highest BCUT2D eigenvalue weighted by Gasteiger charge is 2.12. The van der Waals surface area contributed by atoms with E-state index in [1.165, 1.54) is 33.4 Å². The summed E-state index contributed by atoms with van der Waals surface area (Å²) in [5.41, 5.74) is 7.28. The Hall–Kier alpha value is -3.35. The first-order valence-electron chi connectivity index (χ1n) is 14.0. The van der Waals surface area contributed by atoms with Gasteiger partial charge in [-0.15, -0.1) is 11.6 Å². The molecule has 216 valence electrons. The van der Waals surface area contributed by atoms with E-state index in [-0.39, 0.29) is 31.8 Å². The van der Waals surface area contributed by atoms with Crippen LogP contribution >= 0.6 is 11.6 Å². The molecule has 0 saturated carbocycles. The Morgan fingerprint density at radius 1 is 0.585 bits per heavy atom. The number of hydrogen-bond donors (Lipinski definition) is 2. The van der Waals surface area contributed by atoms with E-state index >= 15 is 0 Å². The van der Waals surface area contributed by atoms with Crippen molar-refractivity contribution in [3.8, 4) is 22.6 Å². The highest BCUT2D eigenvalue weighted by molar-refractivity contribution is 6.18. The molecule has 0 amide bonds. The van der Waals surface area contributed by atoms with Crippen LogP contribution in [0.25, 0.3) is 11.1 Å². The first-order chi connectivity index (χ1) is 19.9. The summed E-state index contributed by atoms with van der Waals surface area (Å²) >= 11 is 5.65. The van der Waals surface area contributed by atoms with Crippen molar-refractivity contribution in [1.82, 2.24) is 0 Å². The number of hydrogen-bond acceptors (Lipinski definition) is 5. The van der Waals surface area contributed by atoms with E-state index in [0.29, 0.717) is 5.75 Å². The summed E-state index contributed by atoms with van der Waals surface area (Å²) in [6.07, 6.45) is 0.313. The van der Waals surface area contributed by atoms with Crippen molar-refractivity contribution in [2.75, 3.05) is 25.7 Å². The molecule has 5 nitrogen and oxygen atoms in total. The molecule has 6 heteroatoms. The van der Waals surface area contributed by atoms with Crippen molar-refractivity contribution >= 4 is 11.6 Å². The topological polar surface area (TPSA) is 68.2 Å². The highest BCUT2D eigenvalue weighted by atomic mass is 35.5. The number of halogens is 1. The van der Waals surface area contributed by atoms with Gasteiger partial charge < -0.3 is 24.4 Å². The molecule has 0 saturated heterocycles. The lowest BCUT2D eigenvalue weighted by atomic mass is 9.90. The van der Waals surface area contributed by atoms with Gasteiger partial charge in [0.15, 0.2) is 0 Å². The van der Waals surface area contributed by atoms with E-state index in [4.69, 9.17) is 25.8 Å². The summed E-state index contributed by atoms with van der Waals surface area (Å²) in [7, 11) is 0. The third-order valence-electron chi connectivity index (χ3n) is 6.65. The van der Waals surface area contributed by atoms with Crippen LogP contribution in [0.2, 0.25) is 0 Å². The van der Waals surface area contributed by atoms with Gasteiger partial charge in [0, 0.05) is 0 Å². The van der Waals surface area contributed by atoms with E-state index < -0.39 is 12.2 Å². The lowest BCUT2D eigenvalue weighted by Gasteiger charge is -2.16. The minimum absolute atomic E-state index is 0.0773. The predicted molar refractivity (Wildman–Crippen MR) is 165 cm³/mol. The molecular weight excluding hydrogens is 536 g/mol. The Labute approximate surface area is 248 Å². The van der Waals surface area contributed by atoms with Gasteiger partial charge >= 0.3 is 0 Å². The maximum atomic E-state index is 10.1. The van der Waals surface area contributed by atoms with Crippen LogP contribution in [0.15, 0.2) is 97.1 Å². The summed E-state index contributed by atoms with van der Waals surface area (Å²) in [5.74, 6) is 1.59. The molecule has 0 heterocycles. The van der Waals surface area contributed by atoms with Gasteiger partial charge in [-0.25, -0.2) is 0 Å². The zero-order valence-corrected chi connectivity index (χ0v) is 24.5. The minimum atomic E-state index is -0.677. The summed E-state index contributed by atoms with van der Waals surface area (Å²) in [6, 6.07) is 33.1. The van der Waals surface area contributed by atoms with Gasteiger partial charge in [0.25, 0.3) is 0 Å². The predicted octanol–water partition coefficient (Wildman–Crippen LogP) is 6.68. The summed E-state index contributed by atoms with van der Waals surface area (Å²) in [5, 5.41) is 19.7. The molecule has 0 bridgehead atoms. The lowest BCUT2D eigenvalue weighted by molar-refractivity contribution is -0.0122. The first-order valence-corrected chi connectivity index (χ1v) is 14.6. The number of benzene rings is 4. The molecule has 0 spiro atoms. The molecule has 0 aliphatic rings. The Morgan fingerprint density at radius 2 is 1.02 bits per heavy atom. The number of aliphatic hydroxyl groups is 2. The van der Waals surface area contributed by atoms with E-state index in [1.54, 1.807) is 0 Å². The van der Waals surface area contributed by atoms with Crippen LogP contribution in [0, 0.1) is 0 Å². The van der Waals surface area contributed by atoms with Gasteiger partial charge in [0.05, 0.1) is 18.6 Å². The van der Waals surface area contributed by atoms with Crippen molar-refractivity contribution in [3.05, 3.63) is 119 Å². The monoisotopic (exact) mass is 574 g/mol. The fourth-order valence-corrected chi connectivity index (χ4v) is 4.59. The smallest absolute Gasteiger partial charge is 0.119 e. The summed E-state index contributed by atoms with van der Waals surface area (Å²) in [6.45, 7) is 4.51. The van der Waals surface area contributed by atoms with Gasteiger partial charge in [-0.2, -0.15) is 0 Å². The molecule has 0 unspecified atom stereocenters. The van der Waals surface area contributed by atoms with Gasteiger partial charge in [-0.05, 0) is 84.3 Å². The van der Waals surface area contributed by atoms with Crippen LogP contribution in [-0.2, 0) is 17.6 Å². The van der Waals surface area contributed by atoms with Crippen molar-refractivity contribution in [2.24, 2.45) is 0 Å². The molecule has 4 aromatic carbocycles. The van der Waals surface area contributed by atoms with E-state index in [0.717, 1.165) is 18.6 Å². The molecule has 0 fully saturated rings. The summed E-state index contributed by atoms with van der Waals surface area (Å²) in [4.78, 5) is 0. The third-order valence-corrected chi connectivity index (χ3v) is 7.00. The molecule has 4 aromatic rings. The van der Waals surface area contributed by atoms with Crippen molar-refractivity contribution in [2.45, 2.75) is 45.0 Å². The van der Waals surface area contributed by atoms with E-state index in [2.05, 4.69) is 72.8 Å². The van der Waals surface area contributed by atoms with E-state index in [1.807, 2.05) is 38.1 Å². The largest absolute Gasteiger partial charge is 0.491 e. The summed E-state index contributed by atoms with van der Waals surface area (Å²) < 4.78 is 16.8. The first kappa shape index (κ1) is 30.6. The molecule has 41 heavy (non-hydrogen) atoms. The standard InChI is InChI=1S/C35H39ClO5/c1-25(2)39-23-31(38)24-41-33-17-13-27(14-18-33)20-29-8-4-6-10-35(29)34-9-5-3-7-28(34)19-26-11-15-32(16-12-26)40-22-30(37)21-36/h3-18,25,30-31,37-38H,19-24H2,1-2H3/t30-,31-/m1/s1.